The number of carbonyl (C=O) groups is 1. The molecule has 2 unspecified atom stereocenters. The fourth-order valence-corrected chi connectivity index (χ4v) is 4.67. The average molecular weight is 431 g/mol. The van der Waals surface area contributed by atoms with E-state index >= 15 is 0 Å². The highest BCUT2D eigenvalue weighted by atomic mass is 35.5. The number of carboxylic acid groups (broad SMARTS) is 1. The number of halogens is 2. The van der Waals surface area contributed by atoms with Crippen LogP contribution in [0.5, 0.6) is 0 Å². The molecule has 0 fully saturated rings. The number of hydrogen-bond donors (Lipinski definition) is 1. The van der Waals surface area contributed by atoms with Gasteiger partial charge in [0.25, 0.3) is 0 Å². The maximum absolute atomic E-state index is 12.2. The lowest BCUT2D eigenvalue weighted by molar-refractivity contribution is 0.0545. The van der Waals surface area contributed by atoms with Gasteiger partial charge in [-0.1, -0.05) is 35.3 Å². The standard InChI is InChI=1S/C23H24Cl2N2O2/c1-23(2,3)27(22(28)29)21-9-7-16-6-4-15(13-26)11-17(16)18(21)10-14-5-8-19(24)20(25)12-14/h4-6,8,11-12,18,21H,7,9-10H2,1-3H3,(H,28,29). The molecule has 29 heavy (non-hydrogen) atoms. The monoisotopic (exact) mass is 430 g/mol. The molecule has 0 aromatic heterocycles. The Labute approximate surface area is 181 Å². The summed E-state index contributed by atoms with van der Waals surface area (Å²) in [7, 11) is 0. The summed E-state index contributed by atoms with van der Waals surface area (Å²) in [6.07, 6.45) is 1.20. The van der Waals surface area contributed by atoms with Gasteiger partial charge >= 0.3 is 6.09 Å². The second-order valence-corrected chi connectivity index (χ2v) is 9.33. The van der Waals surface area contributed by atoms with Gasteiger partial charge in [-0.15, -0.1) is 0 Å². The molecule has 0 bridgehead atoms. The highest BCUT2D eigenvalue weighted by Gasteiger charge is 2.41. The predicted octanol–water partition coefficient (Wildman–Crippen LogP) is 6.28. The summed E-state index contributed by atoms with van der Waals surface area (Å²) in [6.45, 7) is 5.75. The van der Waals surface area contributed by atoms with Gasteiger partial charge < -0.3 is 5.11 Å². The van der Waals surface area contributed by atoms with Gasteiger partial charge in [-0.05, 0) is 81.0 Å². The van der Waals surface area contributed by atoms with Crippen LogP contribution in [0.2, 0.25) is 10.0 Å². The van der Waals surface area contributed by atoms with E-state index in [9.17, 15) is 15.2 Å². The number of nitriles is 1. The van der Waals surface area contributed by atoms with E-state index in [1.165, 1.54) is 5.56 Å². The first-order valence-electron chi connectivity index (χ1n) is 9.61. The van der Waals surface area contributed by atoms with Gasteiger partial charge in [0.15, 0.2) is 0 Å². The Morgan fingerprint density at radius 3 is 2.52 bits per heavy atom. The van der Waals surface area contributed by atoms with Crippen molar-refractivity contribution in [2.45, 2.75) is 57.5 Å². The van der Waals surface area contributed by atoms with Gasteiger partial charge in [-0.25, -0.2) is 4.79 Å². The minimum atomic E-state index is -0.929. The van der Waals surface area contributed by atoms with Crippen molar-refractivity contribution in [2.75, 3.05) is 0 Å². The number of rotatable bonds is 3. The Kier molecular flexibility index (Phi) is 6.12. The van der Waals surface area contributed by atoms with E-state index in [1.54, 1.807) is 11.0 Å². The molecule has 0 radical (unpaired) electrons. The quantitative estimate of drug-likeness (QED) is 0.622. The fraction of sp³-hybridized carbons (Fsp3) is 0.391. The summed E-state index contributed by atoms with van der Waals surface area (Å²) in [5.74, 6) is -0.0837. The van der Waals surface area contributed by atoms with Crippen molar-refractivity contribution in [3.63, 3.8) is 0 Å². The molecule has 2 atom stereocenters. The zero-order valence-electron chi connectivity index (χ0n) is 16.7. The Morgan fingerprint density at radius 2 is 1.93 bits per heavy atom. The number of nitrogens with zero attached hydrogens (tertiary/aromatic N) is 2. The minimum absolute atomic E-state index is 0.0837. The topological polar surface area (TPSA) is 64.3 Å². The van der Waals surface area contributed by atoms with Crippen molar-refractivity contribution < 1.29 is 9.90 Å². The van der Waals surface area contributed by atoms with Crippen LogP contribution in [0, 0.1) is 11.3 Å². The van der Waals surface area contributed by atoms with Crippen LogP contribution in [0.15, 0.2) is 36.4 Å². The van der Waals surface area contributed by atoms with Gasteiger partial charge in [-0.2, -0.15) is 5.26 Å². The van der Waals surface area contributed by atoms with Crippen molar-refractivity contribution in [1.29, 1.82) is 5.26 Å². The van der Waals surface area contributed by atoms with Gasteiger partial charge in [0.05, 0.1) is 21.7 Å². The summed E-state index contributed by atoms with van der Waals surface area (Å²) < 4.78 is 0. The van der Waals surface area contributed by atoms with Crippen LogP contribution in [-0.4, -0.2) is 27.7 Å². The van der Waals surface area contributed by atoms with E-state index in [4.69, 9.17) is 23.2 Å². The molecule has 3 rings (SSSR count). The first-order valence-corrected chi connectivity index (χ1v) is 10.4. The van der Waals surface area contributed by atoms with Crippen LogP contribution in [0.1, 0.15) is 55.4 Å². The van der Waals surface area contributed by atoms with E-state index in [0.29, 0.717) is 22.0 Å². The third-order valence-electron chi connectivity index (χ3n) is 5.55. The van der Waals surface area contributed by atoms with Crippen LogP contribution in [0.25, 0.3) is 0 Å². The molecule has 2 aromatic carbocycles. The molecule has 0 saturated heterocycles. The van der Waals surface area contributed by atoms with Gasteiger partial charge in [-0.3, -0.25) is 4.90 Å². The molecule has 1 N–H and O–H groups in total. The lowest BCUT2D eigenvalue weighted by Crippen LogP contribution is -2.54. The first kappa shape index (κ1) is 21.5. The number of aryl methyl sites for hydroxylation is 1. The highest BCUT2D eigenvalue weighted by molar-refractivity contribution is 6.42. The predicted molar refractivity (Wildman–Crippen MR) is 116 cm³/mol. The van der Waals surface area contributed by atoms with Crippen LogP contribution in [0.4, 0.5) is 4.79 Å². The van der Waals surface area contributed by atoms with E-state index in [0.717, 1.165) is 24.0 Å². The average Bonchev–Trinajstić information content (AvgIpc) is 2.64. The minimum Gasteiger partial charge on any atom is -0.465 e. The summed E-state index contributed by atoms with van der Waals surface area (Å²) in [5.41, 5.74) is 3.24. The number of fused-ring (bicyclic) bond motifs is 1. The first-order chi connectivity index (χ1) is 13.6. The van der Waals surface area contributed by atoms with Crippen molar-refractivity contribution >= 4 is 29.3 Å². The van der Waals surface area contributed by atoms with Crippen LogP contribution in [0.3, 0.4) is 0 Å². The number of benzene rings is 2. The molecule has 152 valence electrons. The molecule has 1 aliphatic carbocycles. The Morgan fingerprint density at radius 1 is 1.21 bits per heavy atom. The summed E-state index contributed by atoms with van der Waals surface area (Å²) in [5, 5.41) is 20.4. The molecule has 2 aromatic rings. The zero-order valence-corrected chi connectivity index (χ0v) is 18.3. The van der Waals surface area contributed by atoms with E-state index < -0.39 is 11.6 Å². The molecule has 1 amide bonds. The molecular weight excluding hydrogens is 407 g/mol. The smallest absolute Gasteiger partial charge is 0.408 e. The second kappa shape index (κ2) is 8.26. The molecule has 6 heteroatoms. The fourth-order valence-electron chi connectivity index (χ4n) is 4.35. The molecule has 1 aliphatic rings. The number of amides is 1. The SMILES string of the molecule is CC(C)(C)N(C(=O)O)C1CCc2ccc(C#N)cc2C1Cc1ccc(Cl)c(Cl)c1. The van der Waals surface area contributed by atoms with Crippen molar-refractivity contribution in [2.24, 2.45) is 0 Å². The molecule has 0 heterocycles. The van der Waals surface area contributed by atoms with E-state index in [1.807, 2.05) is 51.1 Å². The second-order valence-electron chi connectivity index (χ2n) is 8.51. The maximum Gasteiger partial charge on any atom is 0.408 e. The van der Waals surface area contributed by atoms with Crippen molar-refractivity contribution in [1.82, 2.24) is 4.90 Å². The third kappa shape index (κ3) is 4.52. The highest BCUT2D eigenvalue weighted by Crippen LogP contribution is 2.40. The maximum atomic E-state index is 12.2. The summed E-state index contributed by atoms with van der Waals surface area (Å²) in [6, 6.07) is 13.3. The van der Waals surface area contributed by atoms with Gasteiger partial charge in [0.2, 0.25) is 0 Å². The third-order valence-corrected chi connectivity index (χ3v) is 6.29. The molecule has 4 nitrogen and oxygen atoms in total. The van der Waals surface area contributed by atoms with E-state index in [2.05, 4.69) is 6.07 Å². The van der Waals surface area contributed by atoms with E-state index in [-0.39, 0.29) is 12.0 Å². The normalized spacial score (nSPS) is 18.6. The Hall–Kier alpha value is -2.22. The number of hydrogen-bond acceptors (Lipinski definition) is 2. The van der Waals surface area contributed by atoms with Crippen LogP contribution >= 0.6 is 23.2 Å². The zero-order chi connectivity index (χ0) is 21.3. The van der Waals surface area contributed by atoms with Crippen LogP contribution < -0.4 is 0 Å². The molecule has 0 saturated carbocycles. The Bertz CT molecular complexity index is 976. The van der Waals surface area contributed by atoms with Crippen molar-refractivity contribution in [3.8, 4) is 6.07 Å². The molecule has 0 spiro atoms. The lowest BCUT2D eigenvalue weighted by Gasteiger charge is -2.46. The largest absolute Gasteiger partial charge is 0.465 e. The van der Waals surface area contributed by atoms with Gasteiger partial charge in [0, 0.05) is 17.5 Å². The summed E-state index contributed by atoms with van der Waals surface area (Å²) >= 11 is 12.3. The van der Waals surface area contributed by atoms with Gasteiger partial charge in [0.1, 0.15) is 0 Å². The molecular formula is C23H24Cl2N2O2. The lowest BCUT2D eigenvalue weighted by atomic mass is 9.74. The Balaban J connectivity index is 2.11. The van der Waals surface area contributed by atoms with Crippen LogP contribution in [-0.2, 0) is 12.8 Å². The van der Waals surface area contributed by atoms with Crippen molar-refractivity contribution in [3.05, 3.63) is 68.7 Å². The summed E-state index contributed by atoms with van der Waals surface area (Å²) in [4.78, 5) is 13.8. The molecule has 0 aliphatic heterocycles.